The Kier molecular flexibility index (Phi) is 5.86. The van der Waals surface area contributed by atoms with E-state index in [0.29, 0.717) is 25.9 Å². The minimum Gasteiger partial charge on any atom is -0.497 e. The Morgan fingerprint density at radius 1 is 1.33 bits per heavy atom. The molecular formula is C19H27NO4. The van der Waals surface area contributed by atoms with E-state index in [-0.39, 0.29) is 11.8 Å². The average molecular weight is 333 g/mol. The molecule has 0 aromatic heterocycles. The Balaban J connectivity index is 2.04. The van der Waals surface area contributed by atoms with Gasteiger partial charge in [-0.15, -0.1) is 0 Å². The number of hydrogen-bond acceptors (Lipinski definition) is 3. The molecular weight excluding hydrogens is 306 g/mol. The summed E-state index contributed by atoms with van der Waals surface area (Å²) in [7, 11) is 1.63. The number of ether oxygens (including phenoxy) is 1. The molecule has 132 valence electrons. The first-order valence-electron chi connectivity index (χ1n) is 8.54. The summed E-state index contributed by atoms with van der Waals surface area (Å²) in [5.74, 6) is 0.168. The molecule has 1 saturated heterocycles. The van der Waals surface area contributed by atoms with E-state index in [1.165, 1.54) is 0 Å². The maximum absolute atomic E-state index is 12.7. The van der Waals surface area contributed by atoms with Crippen molar-refractivity contribution in [1.29, 1.82) is 0 Å². The van der Waals surface area contributed by atoms with Gasteiger partial charge in [0, 0.05) is 19.5 Å². The van der Waals surface area contributed by atoms with Crippen LogP contribution >= 0.6 is 0 Å². The van der Waals surface area contributed by atoms with Crippen LogP contribution in [0, 0.1) is 5.41 Å². The van der Waals surface area contributed by atoms with Crippen molar-refractivity contribution in [1.82, 2.24) is 4.90 Å². The Morgan fingerprint density at radius 3 is 2.54 bits per heavy atom. The zero-order valence-corrected chi connectivity index (χ0v) is 14.7. The first-order valence-corrected chi connectivity index (χ1v) is 8.54. The summed E-state index contributed by atoms with van der Waals surface area (Å²) >= 11 is 0. The molecule has 24 heavy (non-hydrogen) atoms. The number of hydrogen-bond donors (Lipinski definition) is 1. The third-order valence-corrected chi connectivity index (χ3v) is 5.07. The summed E-state index contributed by atoms with van der Waals surface area (Å²) in [6.07, 6.45) is 2.65. The van der Waals surface area contributed by atoms with Crippen LogP contribution in [0.3, 0.4) is 0 Å². The molecule has 1 heterocycles. The van der Waals surface area contributed by atoms with Gasteiger partial charge in [-0.25, -0.2) is 0 Å². The summed E-state index contributed by atoms with van der Waals surface area (Å²) in [6, 6.07) is 7.81. The number of carbonyl (C=O) groups is 2. The van der Waals surface area contributed by atoms with Gasteiger partial charge < -0.3 is 14.7 Å². The topological polar surface area (TPSA) is 66.8 Å². The fourth-order valence-electron chi connectivity index (χ4n) is 3.34. The fourth-order valence-corrected chi connectivity index (χ4v) is 3.34. The van der Waals surface area contributed by atoms with Gasteiger partial charge in [0.1, 0.15) is 5.75 Å². The second-order valence-corrected chi connectivity index (χ2v) is 6.87. The van der Waals surface area contributed by atoms with Crippen LogP contribution in [0.1, 0.15) is 51.0 Å². The second-order valence-electron chi connectivity index (χ2n) is 6.87. The number of nitrogens with zero attached hydrogens (tertiary/aromatic N) is 1. The lowest BCUT2D eigenvalue weighted by molar-refractivity contribution is -0.153. The quantitative estimate of drug-likeness (QED) is 0.867. The van der Waals surface area contributed by atoms with E-state index in [1.807, 2.05) is 24.3 Å². The number of likely N-dealkylation sites (tertiary alicyclic amines) is 1. The highest BCUT2D eigenvalue weighted by Gasteiger charge is 2.39. The minimum absolute atomic E-state index is 0.0462. The molecule has 2 unspecified atom stereocenters. The number of rotatable bonds is 6. The van der Waals surface area contributed by atoms with Crippen molar-refractivity contribution < 1.29 is 19.4 Å². The number of amides is 1. The Hall–Kier alpha value is -2.04. The summed E-state index contributed by atoms with van der Waals surface area (Å²) in [4.78, 5) is 25.9. The summed E-state index contributed by atoms with van der Waals surface area (Å²) in [5.41, 5.74) is 0.292. The molecule has 0 saturated carbocycles. The minimum atomic E-state index is -0.824. The SMILES string of the molecule is CCC(CC(=O)N1CCCC(C)(C(=O)O)C1)c1ccc(OC)cc1. The number of carboxylic acid groups (broad SMARTS) is 1. The predicted octanol–water partition coefficient (Wildman–Crippen LogP) is 3.29. The second kappa shape index (κ2) is 7.69. The van der Waals surface area contributed by atoms with Crippen LogP contribution in [0.15, 0.2) is 24.3 Å². The maximum Gasteiger partial charge on any atom is 0.311 e. The van der Waals surface area contributed by atoms with Gasteiger partial charge in [-0.05, 0) is 49.8 Å². The summed E-state index contributed by atoms with van der Waals surface area (Å²) in [6.45, 7) is 4.76. The van der Waals surface area contributed by atoms with Gasteiger partial charge in [0.05, 0.1) is 12.5 Å². The lowest BCUT2D eigenvalue weighted by Gasteiger charge is -2.38. The van der Waals surface area contributed by atoms with E-state index in [2.05, 4.69) is 6.92 Å². The van der Waals surface area contributed by atoms with Crippen molar-refractivity contribution in [3.05, 3.63) is 29.8 Å². The van der Waals surface area contributed by atoms with Crippen LogP contribution in [-0.4, -0.2) is 42.1 Å². The molecule has 2 atom stereocenters. The first kappa shape index (κ1) is 18.3. The molecule has 0 bridgehead atoms. The molecule has 2 rings (SSSR count). The van der Waals surface area contributed by atoms with E-state index in [9.17, 15) is 14.7 Å². The smallest absolute Gasteiger partial charge is 0.311 e. The molecule has 1 aliphatic rings. The monoisotopic (exact) mass is 333 g/mol. The first-order chi connectivity index (χ1) is 11.4. The molecule has 1 N–H and O–H groups in total. The number of methoxy groups -OCH3 is 1. The highest BCUT2D eigenvalue weighted by molar-refractivity contribution is 5.80. The number of piperidine rings is 1. The molecule has 1 fully saturated rings. The number of carboxylic acids is 1. The highest BCUT2D eigenvalue weighted by atomic mass is 16.5. The van der Waals surface area contributed by atoms with E-state index < -0.39 is 11.4 Å². The van der Waals surface area contributed by atoms with Crippen LogP contribution in [0.5, 0.6) is 5.75 Å². The number of carbonyl (C=O) groups excluding carboxylic acids is 1. The van der Waals surface area contributed by atoms with Gasteiger partial charge in [-0.1, -0.05) is 19.1 Å². The van der Waals surface area contributed by atoms with Crippen molar-refractivity contribution >= 4 is 11.9 Å². The lowest BCUT2D eigenvalue weighted by atomic mass is 9.81. The third kappa shape index (κ3) is 4.08. The van der Waals surface area contributed by atoms with E-state index in [1.54, 1.807) is 18.9 Å². The van der Waals surface area contributed by atoms with Crippen LogP contribution in [0.2, 0.25) is 0 Å². The van der Waals surface area contributed by atoms with Gasteiger partial charge in [0.2, 0.25) is 5.91 Å². The van der Waals surface area contributed by atoms with Crippen LogP contribution in [0.25, 0.3) is 0 Å². The largest absolute Gasteiger partial charge is 0.497 e. The van der Waals surface area contributed by atoms with E-state index >= 15 is 0 Å². The Bertz CT molecular complexity index is 584. The predicted molar refractivity (Wildman–Crippen MR) is 92.2 cm³/mol. The molecule has 1 aliphatic heterocycles. The molecule has 0 aliphatic carbocycles. The normalized spacial score (nSPS) is 22.0. The fraction of sp³-hybridized carbons (Fsp3) is 0.579. The molecule has 1 aromatic rings. The standard InChI is InChI=1S/C19H27NO4/c1-4-14(15-6-8-16(24-3)9-7-15)12-17(21)20-11-5-10-19(2,13-20)18(22)23/h6-9,14H,4-5,10-13H2,1-3H3,(H,22,23). The van der Waals surface area contributed by atoms with Gasteiger partial charge in [0.15, 0.2) is 0 Å². The highest BCUT2D eigenvalue weighted by Crippen LogP contribution is 2.32. The van der Waals surface area contributed by atoms with Gasteiger partial charge >= 0.3 is 5.97 Å². The average Bonchev–Trinajstić information content (AvgIpc) is 2.59. The van der Waals surface area contributed by atoms with Crippen molar-refractivity contribution in [3.8, 4) is 5.75 Å². The van der Waals surface area contributed by atoms with Crippen LogP contribution in [0.4, 0.5) is 0 Å². The molecule has 1 amide bonds. The van der Waals surface area contributed by atoms with Gasteiger partial charge in [-0.3, -0.25) is 9.59 Å². The summed E-state index contributed by atoms with van der Waals surface area (Å²) < 4.78 is 5.17. The number of aliphatic carboxylic acids is 1. The van der Waals surface area contributed by atoms with Crippen molar-refractivity contribution in [2.45, 2.75) is 45.4 Å². The van der Waals surface area contributed by atoms with Crippen molar-refractivity contribution in [2.75, 3.05) is 20.2 Å². The van der Waals surface area contributed by atoms with Gasteiger partial charge in [0.25, 0.3) is 0 Å². The zero-order valence-electron chi connectivity index (χ0n) is 14.7. The third-order valence-electron chi connectivity index (χ3n) is 5.07. The van der Waals surface area contributed by atoms with E-state index in [0.717, 1.165) is 24.2 Å². The maximum atomic E-state index is 12.7. The Labute approximate surface area is 143 Å². The lowest BCUT2D eigenvalue weighted by Crippen LogP contribution is -2.48. The molecule has 5 heteroatoms. The summed E-state index contributed by atoms with van der Waals surface area (Å²) in [5, 5.41) is 9.40. The zero-order chi connectivity index (χ0) is 17.7. The molecule has 1 aromatic carbocycles. The molecule has 0 radical (unpaired) electrons. The molecule has 5 nitrogen and oxygen atoms in total. The Morgan fingerprint density at radius 2 is 2.00 bits per heavy atom. The van der Waals surface area contributed by atoms with Crippen molar-refractivity contribution in [2.24, 2.45) is 5.41 Å². The number of benzene rings is 1. The van der Waals surface area contributed by atoms with Crippen LogP contribution in [-0.2, 0) is 9.59 Å². The molecule has 0 spiro atoms. The van der Waals surface area contributed by atoms with Gasteiger partial charge in [-0.2, -0.15) is 0 Å². The van der Waals surface area contributed by atoms with E-state index in [4.69, 9.17) is 4.74 Å². The van der Waals surface area contributed by atoms with Crippen LogP contribution < -0.4 is 4.74 Å². The van der Waals surface area contributed by atoms with Crippen molar-refractivity contribution in [3.63, 3.8) is 0 Å².